The van der Waals surface area contributed by atoms with Crippen molar-refractivity contribution in [2.24, 2.45) is 0 Å². The van der Waals surface area contributed by atoms with Crippen LogP contribution < -0.4 is 20.1 Å². The predicted octanol–water partition coefficient (Wildman–Crippen LogP) is 2.08. The lowest BCUT2D eigenvalue weighted by Crippen LogP contribution is -2.36. The van der Waals surface area contributed by atoms with Crippen molar-refractivity contribution in [3.63, 3.8) is 0 Å². The first kappa shape index (κ1) is 16.6. The van der Waals surface area contributed by atoms with Gasteiger partial charge in [0.1, 0.15) is 11.5 Å². The molecule has 0 aliphatic rings. The lowest BCUT2D eigenvalue weighted by Gasteiger charge is -2.15. The lowest BCUT2D eigenvalue weighted by molar-refractivity contribution is -0.137. The number of carboxylic acid groups (broad SMARTS) is 1. The summed E-state index contributed by atoms with van der Waals surface area (Å²) >= 11 is 0. The number of benzene rings is 1. The number of amides is 2. The Kier molecular flexibility index (Phi) is 6.32. The van der Waals surface area contributed by atoms with E-state index >= 15 is 0 Å². The molecule has 0 saturated heterocycles. The van der Waals surface area contributed by atoms with E-state index in [-0.39, 0.29) is 12.5 Å². The average Bonchev–Trinajstić information content (AvgIpc) is 2.44. The summed E-state index contributed by atoms with van der Waals surface area (Å²) in [7, 11) is 3.03. The first-order valence-corrected chi connectivity index (χ1v) is 6.47. The largest absolute Gasteiger partial charge is 0.497 e. The van der Waals surface area contributed by atoms with E-state index in [1.165, 1.54) is 14.2 Å². The van der Waals surface area contributed by atoms with E-state index in [9.17, 15) is 9.59 Å². The minimum absolute atomic E-state index is 0.00390. The Morgan fingerprint density at radius 1 is 1.29 bits per heavy atom. The van der Waals surface area contributed by atoms with Crippen molar-refractivity contribution in [1.82, 2.24) is 5.32 Å². The van der Waals surface area contributed by atoms with E-state index in [0.29, 0.717) is 23.6 Å². The molecule has 1 aromatic carbocycles. The van der Waals surface area contributed by atoms with Crippen LogP contribution in [0.5, 0.6) is 11.5 Å². The molecule has 3 N–H and O–H groups in total. The van der Waals surface area contributed by atoms with Crippen LogP contribution in [0.15, 0.2) is 18.2 Å². The van der Waals surface area contributed by atoms with Crippen LogP contribution >= 0.6 is 0 Å². The third-order valence-electron chi connectivity index (χ3n) is 2.82. The van der Waals surface area contributed by atoms with E-state index in [2.05, 4.69) is 10.6 Å². The number of urea groups is 1. The minimum Gasteiger partial charge on any atom is -0.497 e. The van der Waals surface area contributed by atoms with Crippen LogP contribution in [0.25, 0.3) is 0 Å². The molecule has 1 unspecified atom stereocenters. The zero-order valence-electron chi connectivity index (χ0n) is 12.3. The standard InChI is InChI=1S/C14H20N2O5/c1-9(4-7-13(17)18)15-14(19)16-11-8-10(20-2)5-6-12(11)21-3/h5-6,8-9H,4,7H2,1-3H3,(H,17,18)(H2,15,16,19). The van der Waals surface area contributed by atoms with Crippen molar-refractivity contribution >= 4 is 17.7 Å². The SMILES string of the molecule is COc1ccc(OC)c(NC(=O)NC(C)CCC(=O)O)c1. The number of hydrogen-bond acceptors (Lipinski definition) is 4. The number of carbonyl (C=O) groups is 2. The summed E-state index contributed by atoms with van der Waals surface area (Å²) in [5.41, 5.74) is 0.472. The van der Waals surface area contributed by atoms with Crippen molar-refractivity contribution in [3.8, 4) is 11.5 Å². The Hall–Kier alpha value is -2.44. The Morgan fingerprint density at radius 3 is 2.57 bits per heavy atom. The zero-order chi connectivity index (χ0) is 15.8. The minimum atomic E-state index is -0.890. The molecule has 2 amide bonds. The monoisotopic (exact) mass is 296 g/mol. The smallest absolute Gasteiger partial charge is 0.319 e. The van der Waals surface area contributed by atoms with Crippen LogP contribution in [0.3, 0.4) is 0 Å². The van der Waals surface area contributed by atoms with Crippen LogP contribution in [0.1, 0.15) is 19.8 Å². The van der Waals surface area contributed by atoms with Gasteiger partial charge in [-0.1, -0.05) is 0 Å². The van der Waals surface area contributed by atoms with Crippen LogP contribution in [0, 0.1) is 0 Å². The molecule has 0 aliphatic heterocycles. The Balaban J connectivity index is 2.63. The molecule has 7 nitrogen and oxygen atoms in total. The molecular weight excluding hydrogens is 276 g/mol. The average molecular weight is 296 g/mol. The molecule has 0 saturated carbocycles. The predicted molar refractivity (Wildman–Crippen MR) is 78.0 cm³/mol. The van der Waals surface area contributed by atoms with Gasteiger partial charge in [-0.05, 0) is 25.5 Å². The Morgan fingerprint density at radius 2 is 2.00 bits per heavy atom. The fraction of sp³-hybridized carbons (Fsp3) is 0.429. The summed E-state index contributed by atoms with van der Waals surface area (Å²) in [5.74, 6) is 0.202. The molecule has 1 rings (SSSR count). The summed E-state index contributed by atoms with van der Waals surface area (Å²) < 4.78 is 10.2. The molecule has 0 bridgehead atoms. The fourth-order valence-electron chi connectivity index (χ4n) is 1.71. The highest BCUT2D eigenvalue weighted by molar-refractivity contribution is 5.91. The number of aliphatic carboxylic acids is 1. The molecule has 1 aromatic rings. The summed E-state index contributed by atoms with van der Waals surface area (Å²) in [6.45, 7) is 1.74. The molecule has 0 heterocycles. The topological polar surface area (TPSA) is 96.9 Å². The third kappa shape index (κ3) is 5.60. The first-order valence-electron chi connectivity index (χ1n) is 6.47. The van der Waals surface area contributed by atoms with Crippen molar-refractivity contribution in [2.45, 2.75) is 25.8 Å². The molecule has 0 aromatic heterocycles. The van der Waals surface area contributed by atoms with Crippen LogP contribution in [0.4, 0.5) is 10.5 Å². The lowest BCUT2D eigenvalue weighted by atomic mass is 10.2. The first-order chi connectivity index (χ1) is 9.96. The second-order valence-electron chi connectivity index (χ2n) is 4.50. The summed E-state index contributed by atoms with van der Waals surface area (Å²) in [6, 6.07) is 4.36. The number of nitrogens with one attached hydrogen (secondary N) is 2. The van der Waals surface area contributed by atoms with E-state index in [4.69, 9.17) is 14.6 Å². The highest BCUT2D eigenvalue weighted by Gasteiger charge is 2.12. The molecule has 0 aliphatic carbocycles. The molecule has 116 valence electrons. The van der Waals surface area contributed by atoms with Crippen LogP contribution in [-0.2, 0) is 4.79 Å². The van der Waals surface area contributed by atoms with Gasteiger partial charge in [0.15, 0.2) is 0 Å². The van der Waals surface area contributed by atoms with Crippen molar-refractivity contribution in [3.05, 3.63) is 18.2 Å². The molecule has 1 atom stereocenters. The second kappa shape index (κ2) is 7.98. The molecular formula is C14H20N2O5. The van der Waals surface area contributed by atoms with Gasteiger partial charge < -0.3 is 25.2 Å². The number of methoxy groups -OCH3 is 2. The Bertz CT molecular complexity index is 504. The van der Waals surface area contributed by atoms with E-state index in [0.717, 1.165) is 0 Å². The summed E-state index contributed by atoms with van der Waals surface area (Å²) in [4.78, 5) is 22.3. The van der Waals surface area contributed by atoms with Gasteiger partial charge in [0, 0.05) is 18.5 Å². The Labute approximate surface area is 123 Å². The molecule has 0 radical (unpaired) electrons. The number of carboxylic acids is 1. The van der Waals surface area contributed by atoms with E-state index in [1.54, 1.807) is 25.1 Å². The number of rotatable bonds is 7. The van der Waals surface area contributed by atoms with Crippen LogP contribution in [0.2, 0.25) is 0 Å². The number of ether oxygens (including phenoxy) is 2. The van der Waals surface area contributed by atoms with E-state index in [1.807, 2.05) is 0 Å². The highest BCUT2D eigenvalue weighted by atomic mass is 16.5. The van der Waals surface area contributed by atoms with Crippen molar-refractivity contribution in [1.29, 1.82) is 0 Å². The second-order valence-corrected chi connectivity index (χ2v) is 4.50. The molecule has 7 heteroatoms. The maximum atomic E-state index is 11.9. The van der Waals surface area contributed by atoms with Crippen molar-refractivity contribution in [2.75, 3.05) is 19.5 Å². The van der Waals surface area contributed by atoms with Gasteiger partial charge >= 0.3 is 12.0 Å². The van der Waals surface area contributed by atoms with Gasteiger partial charge in [0.25, 0.3) is 0 Å². The quantitative estimate of drug-likeness (QED) is 0.715. The summed E-state index contributed by atoms with van der Waals surface area (Å²) in [5, 5.41) is 13.9. The van der Waals surface area contributed by atoms with Gasteiger partial charge in [0.05, 0.1) is 19.9 Å². The van der Waals surface area contributed by atoms with E-state index < -0.39 is 12.0 Å². The van der Waals surface area contributed by atoms with Gasteiger partial charge in [0.2, 0.25) is 0 Å². The van der Waals surface area contributed by atoms with Gasteiger partial charge in [-0.3, -0.25) is 4.79 Å². The van der Waals surface area contributed by atoms with Crippen LogP contribution in [-0.4, -0.2) is 37.4 Å². The maximum absolute atomic E-state index is 11.9. The van der Waals surface area contributed by atoms with Crippen molar-refractivity contribution < 1.29 is 24.2 Å². The van der Waals surface area contributed by atoms with Gasteiger partial charge in [-0.2, -0.15) is 0 Å². The number of carbonyl (C=O) groups excluding carboxylic acids is 1. The summed E-state index contributed by atoms with van der Waals surface area (Å²) in [6.07, 6.45) is 0.363. The fourth-order valence-corrected chi connectivity index (χ4v) is 1.71. The molecule has 0 fully saturated rings. The maximum Gasteiger partial charge on any atom is 0.319 e. The van der Waals surface area contributed by atoms with Gasteiger partial charge in [-0.25, -0.2) is 4.79 Å². The number of anilines is 1. The van der Waals surface area contributed by atoms with Gasteiger partial charge in [-0.15, -0.1) is 0 Å². The molecule has 0 spiro atoms. The molecule has 21 heavy (non-hydrogen) atoms. The normalized spacial score (nSPS) is 11.4. The number of hydrogen-bond donors (Lipinski definition) is 3. The zero-order valence-corrected chi connectivity index (χ0v) is 12.3. The highest BCUT2D eigenvalue weighted by Crippen LogP contribution is 2.28. The third-order valence-corrected chi connectivity index (χ3v) is 2.82.